The van der Waals surface area contributed by atoms with Crippen molar-refractivity contribution < 1.29 is 14.3 Å². The zero-order valence-electron chi connectivity index (χ0n) is 18.5. The largest absolute Gasteiger partial charge is 0.382 e. The molecule has 0 fully saturated rings. The molecule has 2 aromatic rings. The van der Waals surface area contributed by atoms with Crippen molar-refractivity contribution in [3.8, 4) is 0 Å². The van der Waals surface area contributed by atoms with Crippen LogP contribution in [0.25, 0.3) is 5.57 Å². The molecule has 0 saturated heterocycles. The molecule has 0 atom stereocenters. The van der Waals surface area contributed by atoms with Gasteiger partial charge in [-0.15, -0.1) is 0 Å². The molecule has 0 aliphatic carbocycles. The monoisotopic (exact) mass is 406 g/mol. The van der Waals surface area contributed by atoms with E-state index in [9.17, 15) is 9.59 Å². The Labute approximate surface area is 178 Å². The van der Waals surface area contributed by atoms with Crippen LogP contribution >= 0.6 is 0 Å². The highest BCUT2D eigenvalue weighted by molar-refractivity contribution is 6.36. The van der Waals surface area contributed by atoms with Crippen LogP contribution in [0.2, 0.25) is 0 Å². The second-order valence-electron chi connectivity index (χ2n) is 7.82. The predicted molar refractivity (Wildman–Crippen MR) is 120 cm³/mol. The Bertz CT molecular complexity index is 1010. The number of nitrogens with one attached hydrogen (secondary N) is 1. The molecule has 5 nitrogen and oxygen atoms in total. The van der Waals surface area contributed by atoms with Crippen molar-refractivity contribution in [2.75, 3.05) is 25.1 Å². The second kappa shape index (κ2) is 9.26. The number of aryl methyl sites for hydroxylation is 4. The number of rotatable bonds is 8. The van der Waals surface area contributed by atoms with Crippen LogP contribution in [0.1, 0.15) is 41.2 Å². The maximum absolute atomic E-state index is 13.3. The van der Waals surface area contributed by atoms with E-state index in [1.807, 2.05) is 65.0 Å². The maximum Gasteiger partial charge on any atom is 0.278 e. The van der Waals surface area contributed by atoms with E-state index in [4.69, 9.17) is 4.74 Å². The van der Waals surface area contributed by atoms with Gasteiger partial charge in [0, 0.05) is 25.4 Å². The van der Waals surface area contributed by atoms with Crippen molar-refractivity contribution in [2.24, 2.45) is 0 Å². The molecule has 0 saturated carbocycles. The highest BCUT2D eigenvalue weighted by Gasteiger charge is 2.39. The van der Waals surface area contributed by atoms with Gasteiger partial charge in [-0.2, -0.15) is 0 Å². The molecule has 1 aliphatic rings. The molecule has 2 aromatic carbocycles. The topological polar surface area (TPSA) is 58.6 Å². The van der Waals surface area contributed by atoms with E-state index in [1.54, 1.807) is 0 Å². The van der Waals surface area contributed by atoms with Gasteiger partial charge in [0.05, 0.1) is 5.57 Å². The smallest absolute Gasteiger partial charge is 0.278 e. The SMILES string of the molecule is CCOCCCN1C(=O)C(Nc2ccc(C)cc2C)=C(c2ccc(C)cc2C)C1=O. The molecule has 0 radical (unpaired) electrons. The Hall–Kier alpha value is -2.92. The highest BCUT2D eigenvalue weighted by Crippen LogP contribution is 2.33. The van der Waals surface area contributed by atoms with Crippen LogP contribution in [-0.2, 0) is 14.3 Å². The first-order chi connectivity index (χ1) is 14.3. The van der Waals surface area contributed by atoms with Crippen LogP contribution < -0.4 is 5.32 Å². The number of hydrogen-bond donors (Lipinski definition) is 1. The zero-order chi connectivity index (χ0) is 21.8. The van der Waals surface area contributed by atoms with Gasteiger partial charge in [0.2, 0.25) is 0 Å². The van der Waals surface area contributed by atoms with Gasteiger partial charge in [0.25, 0.3) is 11.8 Å². The fraction of sp³-hybridized carbons (Fsp3) is 0.360. The summed E-state index contributed by atoms with van der Waals surface area (Å²) < 4.78 is 5.38. The molecule has 1 aliphatic heterocycles. The molecule has 1 N–H and O–H groups in total. The summed E-state index contributed by atoms with van der Waals surface area (Å²) in [5.74, 6) is -0.540. The van der Waals surface area contributed by atoms with Crippen molar-refractivity contribution in [3.05, 3.63) is 69.9 Å². The van der Waals surface area contributed by atoms with Gasteiger partial charge in [-0.1, -0.05) is 41.5 Å². The van der Waals surface area contributed by atoms with Gasteiger partial charge in [0.1, 0.15) is 5.70 Å². The number of ether oxygens (including phenoxy) is 1. The predicted octanol–water partition coefficient (Wildman–Crippen LogP) is 4.54. The van der Waals surface area contributed by atoms with Crippen molar-refractivity contribution in [1.82, 2.24) is 4.90 Å². The molecule has 30 heavy (non-hydrogen) atoms. The van der Waals surface area contributed by atoms with Crippen LogP contribution in [0, 0.1) is 27.7 Å². The lowest BCUT2D eigenvalue weighted by molar-refractivity contribution is -0.137. The van der Waals surface area contributed by atoms with E-state index < -0.39 is 0 Å². The lowest BCUT2D eigenvalue weighted by Gasteiger charge is -2.15. The third kappa shape index (κ3) is 4.46. The van der Waals surface area contributed by atoms with Gasteiger partial charge < -0.3 is 10.1 Å². The Kier molecular flexibility index (Phi) is 6.73. The van der Waals surface area contributed by atoms with Gasteiger partial charge in [-0.3, -0.25) is 14.5 Å². The van der Waals surface area contributed by atoms with E-state index in [2.05, 4.69) is 11.4 Å². The van der Waals surface area contributed by atoms with Crippen LogP contribution in [-0.4, -0.2) is 36.5 Å². The molecular formula is C25H30N2O3. The quantitative estimate of drug-likeness (QED) is 0.517. The molecule has 2 amide bonds. The minimum Gasteiger partial charge on any atom is -0.382 e. The molecule has 1 heterocycles. The molecule has 158 valence electrons. The van der Waals surface area contributed by atoms with Crippen molar-refractivity contribution in [2.45, 2.75) is 41.0 Å². The highest BCUT2D eigenvalue weighted by atomic mass is 16.5. The number of hydrogen-bond acceptors (Lipinski definition) is 4. The normalized spacial score (nSPS) is 14.1. The summed E-state index contributed by atoms with van der Waals surface area (Å²) in [5.41, 5.74) is 6.66. The summed E-state index contributed by atoms with van der Waals surface area (Å²) in [5, 5.41) is 3.27. The summed E-state index contributed by atoms with van der Waals surface area (Å²) in [6.45, 7) is 11.4. The van der Waals surface area contributed by atoms with Gasteiger partial charge in [-0.25, -0.2) is 0 Å². The van der Waals surface area contributed by atoms with Gasteiger partial charge in [0.15, 0.2) is 0 Å². The van der Waals surface area contributed by atoms with Crippen LogP contribution in [0.5, 0.6) is 0 Å². The molecule has 5 heteroatoms. The van der Waals surface area contributed by atoms with Crippen molar-refractivity contribution in [3.63, 3.8) is 0 Å². The fourth-order valence-corrected chi connectivity index (χ4v) is 3.80. The third-order valence-electron chi connectivity index (χ3n) is 5.34. The number of benzene rings is 2. The number of carbonyl (C=O) groups is 2. The van der Waals surface area contributed by atoms with Crippen molar-refractivity contribution >= 4 is 23.1 Å². The fourth-order valence-electron chi connectivity index (χ4n) is 3.80. The lowest BCUT2D eigenvalue weighted by Crippen LogP contribution is -2.34. The molecule has 0 aromatic heterocycles. The summed E-state index contributed by atoms with van der Waals surface area (Å²) in [4.78, 5) is 27.9. The van der Waals surface area contributed by atoms with Gasteiger partial charge in [-0.05, 0) is 63.8 Å². The number of nitrogens with zero attached hydrogens (tertiary/aromatic N) is 1. The van der Waals surface area contributed by atoms with Gasteiger partial charge >= 0.3 is 0 Å². The van der Waals surface area contributed by atoms with Crippen LogP contribution in [0.3, 0.4) is 0 Å². The number of carbonyl (C=O) groups excluding carboxylic acids is 2. The lowest BCUT2D eigenvalue weighted by atomic mass is 9.97. The third-order valence-corrected chi connectivity index (χ3v) is 5.34. The maximum atomic E-state index is 13.3. The molecule has 3 rings (SSSR count). The number of amides is 2. The van der Waals surface area contributed by atoms with E-state index >= 15 is 0 Å². The molecule has 0 unspecified atom stereocenters. The zero-order valence-corrected chi connectivity index (χ0v) is 18.5. The second-order valence-corrected chi connectivity index (χ2v) is 7.82. The number of anilines is 1. The summed E-state index contributed by atoms with van der Waals surface area (Å²) in [6, 6.07) is 11.9. The Morgan fingerprint density at radius 1 is 0.900 bits per heavy atom. The number of imide groups is 1. The first kappa shape index (κ1) is 21.8. The van der Waals surface area contributed by atoms with E-state index in [0.717, 1.165) is 33.5 Å². The van der Waals surface area contributed by atoms with Crippen LogP contribution in [0.15, 0.2) is 42.1 Å². The molecule has 0 spiro atoms. The Balaban J connectivity index is 2.01. The first-order valence-corrected chi connectivity index (χ1v) is 10.4. The molecule has 0 bridgehead atoms. The minimum atomic E-state index is -0.286. The van der Waals surface area contributed by atoms with E-state index in [-0.39, 0.29) is 11.8 Å². The Morgan fingerprint density at radius 2 is 1.57 bits per heavy atom. The van der Waals surface area contributed by atoms with E-state index in [0.29, 0.717) is 37.4 Å². The standard InChI is InChI=1S/C25H30N2O3/c1-6-30-13-7-12-27-24(28)22(20-10-8-16(2)14-18(20)4)23(25(27)29)26-21-11-9-17(3)15-19(21)5/h8-11,14-15,26H,6-7,12-13H2,1-5H3. The summed E-state index contributed by atoms with van der Waals surface area (Å²) >= 11 is 0. The Morgan fingerprint density at radius 3 is 2.20 bits per heavy atom. The minimum absolute atomic E-state index is 0.254. The van der Waals surface area contributed by atoms with Crippen LogP contribution in [0.4, 0.5) is 5.69 Å². The summed E-state index contributed by atoms with van der Waals surface area (Å²) in [6.07, 6.45) is 0.613. The average Bonchev–Trinajstić information content (AvgIpc) is 2.91. The van der Waals surface area contributed by atoms with E-state index in [1.165, 1.54) is 4.90 Å². The summed E-state index contributed by atoms with van der Waals surface area (Å²) in [7, 11) is 0. The average molecular weight is 407 g/mol. The first-order valence-electron chi connectivity index (χ1n) is 10.4. The molecular weight excluding hydrogens is 376 g/mol. The van der Waals surface area contributed by atoms with Crippen molar-refractivity contribution in [1.29, 1.82) is 0 Å².